The summed E-state index contributed by atoms with van der Waals surface area (Å²) >= 11 is 0. The Balaban J connectivity index is 3.37. The molecule has 0 spiro atoms. The first-order valence-corrected chi connectivity index (χ1v) is 38.2. The number of esters is 1. The summed E-state index contributed by atoms with van der Waals surface area (Å²) in [5.41, 5.74) is 0. The molecule has 0 saturated heterocycles. The molecule has 0 saturated carbocycles. The van der Waals surface area contributed by atoms with Gasteiger partial charge in [-0.2, -0.15) is 0 Å². The number of nitrogens with one attached hydrogen (secondary N) is 1. The number of carbonyl (C=O) groups is 2. The van der Waals surface area contributed by atoms with Crippen molar-refractivity contribution in [1.29, 1.82) is 0 Å². The zero-order chi connectivity index (χ0) is 60.6. The lowest BCUT2D eigenvalue weighted by molar-refractivity contribution is -0.143. The molecular weight excluding hydrogens is 1030 g/mol. The molecule has 6 nitrogen and oxygen atoms in total. The molecule has 2 unspecified atom stereocenters. The Hall–Kier alpha value is -1.92. The predicted octanol–water partition coefficient (Wildman–Crippen LogP) is 25.0. The van der Waals surface area contributed by atoms with Crippen molar-refractivity contribution in [3.63, 3.8) is 0 Å². The molecule has 84 heavy (non-hydrogen) atoms. The summed E-state index contributed by atoms with van der Waals surface area (Å²) in [6.45, 7) is 4.97. The molecule has 0 fully saturated rings. The number of rotatable bonds is 72. The first-order chi connectivity index (χ1) is 41.5. The second kappa shape index (κ2) is 73.5. The predicted molar refractivity (Wildman–Crippen MR) is 370 cm³/mol. The van der Waals surface area contributed by atoms with E-state index in [1.54, 1.807) is 0 Å². The number of unbranched alkanes of at least 4 members (excludes halogenated alkanes) is 55. The summed E-state index contributed by atoms with van der Waals surface area (Å²) in [5, 5.41) is 23.4. The van der Waals surface area contributed by atoms with Gasteiger partial charge in [-0.1, -0.05) is 365 Å². The van der Waals surface area contributed by atoms with Crippen LogP contribution in [0.4, 0.5) is 0 Å². The van der Waals surface area contributed by atoms with E-state index in [1.165, 1.54) is 340 Å². The number of amides is 1. The van der Waals surface area contributed by atoms with Crippen LogP contribution in [0.25, 0.3) is 0 Å². The second-order valence-electron chi connectivity index (χ2n) is 26.3. The SMILES string of the molecule is CCCCC/C=C\C/C=C\CCCCCCCCCCCC(=O)OCCCCCCCCCCCCCC/C=C\CCCCCCCCCCCCCCC(=O)NC(CO)C(O)CCCCCCCCCCCCCCCCCCCCCC. The standard InChI is InChI=1S/C78H149NO5/c1-3-5-7-9-11-13-15-17-19-21-23-35-38-42-46-50-54-58-62-66-70-76(81)75(74-80)79-77(82)71-67-63-59-55-51-47-43-39-36-32-30-28-26-24-25-27-29-31-33-37-41-45-49-53-57-61-65-69-73-84-78(83)72-68-64-60-56-52-48-44-40-34-22-20-18-16-14-12-10-8-6-4-2/h12,14,18,20,24-25,75-76,80-81H,3-11,13,15-17,19,21-23,26-74H2,1-2H3,(H,79,82)/b14-12-,20-18-,25-24-. The molecule has 0 aromatic carbocycles. The third-order valence-electron chi connectivity index (χ3n) is 17.9. The number of aliphatic hydroxyl groups is 2. The second-order valence-corrected chi connectivity index (χ2v) is 26.3. The minimum atomic E-state index is -0.665. The van der Waals surface area contributed by atoms with E-state index in [0.29, 0.717) is 25.9 Å². The monoisotopic (exact) mass is 1180 g/mol. The molecule has 0 aliphatic rings. The van der Waals surface area contributed by atoms with Gasteiger partial charge in [0.05, 0.1) is 25.4 Å². The van der Waals surface area contributed by atoms with Crippen molar-refractivity contribution in [3.05, 3.63) is 36.5 Å². The van der Waals surface area contributed by atoms with Gasteiger partial charge >= 0.3 is 5.97 Å². The molecule has 0 aromatic heterocycles. The summed E-state index contributed by atoms with van der Waals surface area (Å²) in [7, 11) is 0. The Morgan fingerprint density at radius 2 is 0.595 bits per heavy atom. The van der Waals surface area contributed by atoms with Crippen molar-refractivity contribution in [1.82, 2.24) is 5.32 Å². The Labute approximate surface area is 525 Å². The number of hydrogen-bond donors (Lipinski definition) is 3. The number of hydrogen-bond acceptors (Lipinski definition) is 5. The molecule has 0 aliphatic carbocycles. The van der Waals surface area contributed by atoms with E-state index in [4.69, 9.17) is 4.74 Å². The minimum absolute atomic E-state index is 0.0128. The highest BCUT2D eigenvalue weighted by molar-refractivity contribution is 5.76. The average molecular weight is 1180 g/mol. The first kappa shape index (κ1) is 82.1. The average Bonchev–Trinajstić information content (AvgIpc) is 3.51. The van der Waals surface area contributed by atoms with Gasteiger partial charge in [-0.15, -0.1) is 0 Å². The van der Waals surface area contributed by atoms with Crippen molar-refractivity contribution < 1.29 is 24.5 Å². The van der Waals surface area contributed by atoms with Crippen LogP contribution in [0.5, 0.6) is 0 Å². The summed E-state index contributed by atoms with van der Waals surface area (Å²) < 4.78 is 5.51. The van der Waals surface area contributed by atoms with Crippen LogP contribution in [0.3, 0.4) is 0 Å². The molecule has 1 amide bonds. The van der Waals surface area contributed by atoms with Gasteiger partial charge < -0.3 is 20.3 Å². The van der Waals surface area contributed by atoms with Gasteiger partial charge in [0, 0.05) is 12.8 Å². The summed E-state index contributed by atoms with van der Waals surface area (Å²) in [4.78, 5) is 24.7. The summed E-state index contributed by atoms with van der Waals surface area (Å²) in [6, 6.07) is -0.543. The maximum absolute atomic E-state index is 12.6. The van der Waals surface area contributed by atoms with Crippen LogP contribution in [-0.4, -0.2) is 47.4 Å². The Morgan fingerprint density at radius 1 is 0.333 bits per heavy atom. The van der Waals surface area contributed by atoms with Crippen molar-refractivity contribution in [2.75, 3.05) is 13.2 Å². The molecule has 0 aromatic rings. The van der Waals surface area contributed by atoms with Gasteiger partial charge in [0.25, 0.3) is 0 Å². The number of allylic oxidation sites excluding steroid dienone is 6. The van der Waals surface area contributed by atoms with Crippen LogP contribution < -0.4 is 5.32 Å². The lowest BCUT2D eigenvalue weighted by Crippen LogP contribution is -2.45. The van der Waals surface area contributed by atoms with E-state index in [9.17, 15) is 19.8 Å². The number of ether oxygens (including phenoxy) is 1. The van der Waals surface area contributed by atoms with Crippen molar-refractivity contribution >= 4 is 11.9 Å². The van der Waals surface area contributed by atoms with Gasteiger partial charge in [0.15, 0.2) is 0 Å². The van der Waals surface area contributed by atoms with E-state index in [0.717, 1.165) is 51.4 Å². The van der Waals surface area contributed by atoms with Gasteiger partial charge in [-0.3, -0.25) is 9.59 Å². The molecule has 0 heterocycles. The van der Waals surface area contributed by atoms with Crippen molar-refractivity contribution in [2.45, 2.75) is 437 Å². The highest BCUT2D eigenvalue weighted by Gasteiger charge is 2.20. The van der Waals surface area contributed by atoms with Crippen molar-refractivity contribution in [3.8, 4) is 0 Å². The van der Waals surface area contributed by atoms with E-state index < -0.39 is 12.1 Å². The third kappa shape index (κ3) is 69.2. The highest BCUT2D eigenvalue weighted by Crippen LogP contribution is 2.19. The third-order valence-corrected chi connectivity index (χ3v) is 17.9. The quantitative estimate of drug-likeness (QED) is 0.0320. The molecule has 3 N–H and O–H groups in total. The Kier molecular flexibility index (Phi) is 71.9. The maximum Gasteiger partial charge on any atom is 0.305 e. The number of carbonyl (C=O) groups excluding carboxylic acids is 2. The molecule has 0 radical (unpaired) electrons. The summed E-state index contributed by atoms with van der Waals surface area (Å²) in [5.74, 6) is -0.0177. The number of aliphatic hydroxyl groups excluding tert-OH is 2. The van der Waals surface area contributed by atoms with E-state index in [-0.39, 0.29) is 18.5 Å². The van der Waals surface area contributed by atoms with Crippen LogP contribution in [0.1, 0.15) is 425 Å². The van der Waals surface area contributed by atoms with Crippen LogP contribution in [0.15, 0.2) is 36.5 Å². The van der Waals surface area contributed by atoms with Crippen LogP contribution in [-0.2, 0) is 14.3 Å². The molecule has 2 atom stereocenters. The van der Waals surface area contributed by atoms with Gasteiger partial charge in [-0.05, 0) is 83.5 Å². The fourth-order valence-electron chi connectivity index (χ4n) is 12.1. The minimum Gasteiger partial charge on any atom is -0.466 e. The van der Waals surface area contributed by atoms with E-state index in [2.05, 4.69) is 55.6 Å². The highest BCUT2D eigenvalue weighted by atomic mass is 16.5. The van der Waals surface area contributed by atoms with Gasteiger partial charge in [0.1, 0.15) is 0 Å². The molecule has 6 heteroatoms. The molecule has 0 aliphatic heterocycles. The largest absolute Gasteiger partial charge is 0.466 e. The Morgan fingerprint density at radius 3 is 0.940 bits per heavy atom. The fraction of sp³-hybridized carbons (Fsp3) is 0.897. The zero-order valence-corrected chi connectivity index (χ0v) is 56.9. The van der Waals surface area contributed by atoms with Crippen molar-refractivity contribution in [2.24, 2.45) is 0 Å². The topological polar surface area (TPSA) is 95.9 Å². The molecule has 0 bridgehead atoms. The van der Waals surface area contributed by atoms with E-state index in [1.807, 2.05) is 0 Å². The molecule has 496 valence electrons. The lowest BCUT2D eigenvalue weighted by Gasteiger charge is -2.22. The van der Waals surface area contributed by atoms with Gasteiger partial charge in [-0.25, -0.2) is 0 Å². The zero-order valence-electron chi connectivity index (χ0n) is 56.9. The van der Waals surface area contributed by atoms with Crippen LogP contribution in [0.2, 0.25) is 0 Å². The van der Waals surface area contributed by atoms with E-state index >= 15 is 0 Å². The van der Waals surface area contributed by atoms with Crippen LogP contribution >= 0.6 is 0 Å². The van der Waals surface area contributed by atoms with Crippen LogP contribution in [0, 0.1) is 0 Å². The maximum atomic E-state index is 12.6. The van der Waals surface area contributed by atoms with Gasteiger partial charge in [0.2, 0.25) is 5.91 Å². The fourth-order valence-corrected chi connectivity index (χ4v) is 12.1. The molecular formula is C78H149NO5. The lowest BCUT2D eigenvalue weighted by atomic mass is 10.0. The first-order valence-electron chi connectivity index (χ1n) is 38.2. The Bertz CT molecular complexity index is 1360. The normalized spacial score (nSPS) is 12.7. The summed E-state index contributed by atoms with van der Waals surface area (Å²) in [6.07, 6.45) is 95.0. The molecule has 0 rings (SSSR count). The smallest absolute Gasteiger partial charge is 0.305 e.